The van der Waals surface area contributed by atoms with Crippen LogP contribution >= 0.6 is 15.9 Å². The zero-order valence-corrected chi connectivity index (χ0v) is 9.89. The van der Waals surface area contributed by atoms with Gasteiger partial charge in [0.05, 0.1) is 10.6 Å². The summed E-state index contributed by atoms with van der Waals surface area (Å²) >= 11 is 3.32. The third kappa shape index (κ3) is 2.69. The van der Waals surface area contributed by atoms with Crippen LogP contribution in [0, 0.1) is 5.82 Å². The fourth-order valence-electron chi connectivity index (χ4n) is 1.44. The topological polar surface area (TPSA) is 35.2 Å². The Kier molecular flexibility index (Phi) is 3.26. The first-order valence-electron chi connectivity index (χ1n) is 5.05. The Bertz CT molecular complexity index is 366. The van der Waals surface area contributed by atoms with Gasteiger partial charge < -0.3 is 10.5 Å². The van der Waals surface area contributed by atoms with E-state index in [9.17, 15) is 4.39 Å². The number of hydrogen-bond donors (Lipinski definition) is 1. The first-order chi connectivity index (χ1) is 7.20. The summed E-state index contributed by atoms with van der Waals surface area (Å²) in [6.45, 7) is 0.497. The van der Waals surface area contributed by atoms with Gasteiger partial charge in [0.1, 0.15) is 11.6 Å². The van der Waals surface area contributed by atoms with Crippen LogP contribution < -0.4 is 10.5 Å². The molecule has 0 radical (unpaired) electrons. The highest BCUT2D eigenvalue weighted by molar-refractivity contribution is 9.10. The lowest BCUT2D eigenvalue weighted by molar-refractivity contribution is 0.297. The van der Waals surface area contributed by atoms with Crippen molar-refractivity contribution in [1.82, 2.24) is 0 Å². The van der Waals surface area contributed by atoms with Gasteiger partial charge in [-0.25, -0.2) is 4.39 Å². The van der Waals surface area contributed by atoms with Crippen molar-refractivity contribution >= 4 is 15.9 Å². The monoisotopic (exact) mass is 273 g/mol. The second-order valence-electron chi connectivity index (χ2n) is 3.73. The van der Waals surface area contributed by atoms with Gasteiger partial charge >= 0.3 is 0 Å². The maximum absolute atomic E-state index is 13.2. The Hall–Kier alpha value is -0.610. The van der Waals surface area contributed by atoms with Gasteiger partial charge in [0.25, 0.3) is 0 Å². The summed E-state index contributed by atoms with van der Waals surface area (Å²) < 4.78 is 19.6. The number of nitrogens with two attached hydrogens (primary N) is 1. The molecule has 4 heteroatoms. The van der Waals surface area contributed by atoms with E-state index in [1.54, 1.807) is 0 Å². The second kappa shape index (κ2) is 4.49. The minimum Gasteiger partial charge on any atom is -0.489 e. The molecule has 2 nitrogen and oxygen atoms in total. The molecular formula is C11H13BrFNO. The van der Waals surface area contributed by atoms with Gasteiger partial charge in [-0.3, -0.25) is 0 Å². The van der Waals surface area contributed by atoms with Crippen molar-refractivity contribution in [3.63, 3.8) is 0 Å². The number of hydrogen-bond acceptors (Lipinski definition) is 2. The van der Waals surface area contributed by atoms with Crippen LogP contribution in [0.3, 0.4) is 0 Å². The molecule has 0 saturated heterocycles. The van der Waals surface area contributed by atoms with Crippen LogP contribution in [0.5, 0.6) is 5.75 Å². The third-order valence-corrected chi connectivity index (χ3v) is 2.90. The molecule has 0 unspecified atom stereocenters. The molecule has 0 aliphatic heterocycles. The normalized spacial score (nSPS) is 15.4. The molecule has 0 bridgehead atoms. The quantitative estimate of drug-likeness (QED) is 0.916. The van der Waals surface area contributed by atoms with Gasteiger partial charge in [-0.15, -0.1) is 0 Å². The SMILES string of the molecule is NCCc1cc(F)cc(Br)c1OC1CC1. The summed E-state index contributed by atoms with van der Waals surface area (Å²) in [7, 11) is 0. The largest absolute Gasteiger partial charge is 0.489 e. The zero-order chi connectivity index (χ0) is 10.8. The molecule has 0 heterocycles. The summed E-state index contributed by atoms with van der Waals surface area (Å²) in [5.74, 6) is 0.498. The molecule has 0 aromatic heterocycles. The van der Waals surface area contributed by atoms with Crippen molar-refractivity contribution in [3.8, 4) is 5.75 Å². The highest BCUT2D eigenvalue weighted by Crippen LogP contribution is 2.35. The Balaban J connectivity index is 2.29. The van der Waals surface area contributed by atoms with Crippen molar-refractivity contribution in [2.45, 2.75) is 25.4 Å². The first-order valence-corrected chi connectivity index (χ1v) is 5.84. The minimum absolute atomic E-state index is 0.256. The Morgan fingerprint density at radius 2 is 2.20 bits per heavy atom. The zero-order valence-electron chi connectivity index (χ0n) is 8.30. The van der Waals surface area contributed by atoms with Gasteiger partial charge in [-0.1, -0.05) is 0 Å². The van der Waals surface area contributed by atoms with Gasteiger partial charge in [0.15, 0.2) is 0 Å². The third-order valence-electron chi connectivity index (χ3n) is 2.31. The second-order valence-corrected chi connectivity index (χ2v) is 4.59. The van der Waals surface area contributed by atoms with E-state index in [-0.39, 0.29) is 5.82 Å². The highest BCUT2D eigenvalue weighted by atomic mass is 79.9. The molecule has 1 saturated carbocycles. The van der Waals surface area contributed by atoms with E-state index in [0.717, 1.165) is 24.2 Å². The van der Waals surface area contributed by atoms with Crippen LogP contribution in [0.4, 0.5) is 4.39 Å². The molecule has 1 fully saturated rings. The summed E-state index contributed by atoms with van der Waals surface area (Å²) in [5, 5.41) is 0. The molecule has 2 N–H and O–H groups in total. The molecule has 1 aromatic rings. The Morgan fingerprint density at radius 1 is 1.47 bits per heavy atom. The van der Waals surface area contributed by atoms with E-state index in [4.69, 9.17) is 10.5 Å². The van der Waals surface area contributed by atoms with Crippen LogP contribution in [-0.4, -0.2) is 12.6 Å². The van der Waals surface area contributed by atoms with Crippen LogP contribution in [-0.2, 0) is 6.42 Å². The minimum atomic E-state index is -0.256. The lowest BCUT2D eigenvalue weighted by Gasteiger charge is -2.12. The average molecular weight is 274 g/mol. The van der Waals surface area contributed by atoms with Crippen LogP contribution in [0.2, 0.25) is 0 Å². The molecule has 1 aliphatic carbocycles. The van der Waals surface area contributed by atoms with E-state index >= 15 is 0 Å². The molecule has 15 heavy (non-hydrogen) atoms. The number of benzene rings is 1. The smallest absolute Gasteiger partial charge is 0.137 e. The Morgan fingerprint density at radius 3 is 2.80 bits per heavy atom. The number of ether oxygens (including phenoxy) is 1. The van der Waals surface area contributed by atoms with Crippen molar-refractivity contribution < 1.29 is 9.13 Å². The van der Waals surface area contributed by atoms with E-state index < -0.39 is 0 Å². The lowest BCUT2D eigenvalue weighted by Crippen LogP contribution is -2.07. The number of halogens is 2. The maximum atomic E-state index is 13.2. The first kappa shape index (κ1) is 10.9. The van der Waals surface area contributed by atoms with Gasteiger partial charge in [-0.05, 0) is 59.4 Å². The van der Waals surface area contributed by atoms with E-state index in [2.05, 4.69) is 15.9 Å². The summed E-state index contributed by atoms with van der Waals surface area (Å²) in [6.07, 6.45) is 3.12. The molecule has 1 aliphatic rings. The van der Waals surface area contributed by atoms with E-state index in [1.165, 1.54) is 12.1 Å². The van der Waals surface area contributed by atoms with Crippen molar-refractivity contribution in [2.75, 3.05) is 6.54 Å². The van der Waals surface area contributed by atoms with Gasteiger partial charge in [0.2, 0.25) is 0 Å². The van der Waals surface area contributed by atoms with Crippen molar-refractivity contribution in [2.24, 2.45) is 5.73 Å². The van der Waals surface area contributed by atoms with Crippen LogP contribution in [0.25, 0.3) is 0 Å². The van der Waals surface area contributed by atoms with Crippen molar-refractivity contribution in [1.29, 1.82) is 0 Å². The molecule has 82 valence electrons. The maximum Gasteiger partial charge on any atom is 0.137 e. The summed E-state index contributed by atoms with van der Waals surface area (Å²) in [5.41, 5.74) is 6.33. The van der Waals surface area contributed by atoms with Crippen molar-refractivity contribution in [3.05, 3.63) is 28.0 Å². The molecule has 0 spiro atoms. The molecule has 0 amide bonds. The average Bonchev–Trinajstić information content (AvgIpc) is 2.95. The molecule has 1 aromatic carbocycles. The lowest BCUT2D eigenvalue weighted by atomic mass is 10.1. The fraction of sp³-hybridized carbons (Fsp3) is 0.455. The van der Waals surface area contributed by atoms with Crippen LogP contribution in [0.1, 0.15) is 18.4 Å². The standard InChI is InChI=1S/C11H13BrFNO/c12-10-6-8(13)5-7(3-4-14)11(10)15-9-1-2-9/h5-6,9H,1-4,14H2. The fourth-order valence-corrected chi connectivity index (χ4v) is 2.01. The highest BCUT2D eigenvalue weighted by Gasteiger charge is 2.25. The van der Waals surface area contributed by atoms with Gasteiger partial charge in [0, 0.05) is 0 Å². The van der Waals surface area contributed by atoms with E-state index in [1.807, 2.05) is 0 Å². The summed E-state index contributed by atoms with van der Waals surface area (Å²) in [6, 6.07) is 2.92. The predicted octanol–water partition coefficient (Wildman–Crippen LogP) is 2.63. The molecule has 2 rings (SSSR count). The molecule has 0 atom stereocenters. The van der Waals surface area contributed by atoms with Gasteiger partial charge in [-0.2, -0.15) is 0 Å². The summed E-state index contributed by atoms with van der Waals surface area (Å²) in [4.78, 5) is 0. The number of rotatable bonds is 4. The van der Waals surface area contributed by atoms with Crippen LogP contribution in [0.15, 0.2) is 16.6 Å². The van der Waals surface area contributed by atoms with E-state index in [0.29, 0.717) is 23.5 Å². The molecular weight excluding hydrogens is 261 g/mol. The predicted molar refractivity (Wildman–Crippen MR) is 60.5 cm³/mol. The Labute approximate surface area is 96.7 Å².